The number of nitriles is 1. The van der Waals surface area contributed by atoms with Gasteiger partial charge in [0.25, 0.3) is 0 Å². The number of benzene rings is 1. The molecule has 1 aromatic carbocycles. The van der Waals surface area contributed by atoms with Crippen molar-refractivity contribution in [1.29, 1.82) is 5.26 Å². The SMILES string of the molecule is N#Cc1ccc(N=S2(=O)CCCCC2)cc1. The average Bonchev–Trinajstić information content (AvgIpc) is 2.30. The van der Waals surface area contributed by atoms with Crippen LogP contribution in [0.4, 0.5) is 5.69 Å². The Morgan fingerprint density at radius 3 is 2.31 bits per heavy atom. The van der Waals surface area contributed by atoms with Crippen LogP contribution in [0.3, 0.4) is 0 Å². The molecule has 16 heavy (non-hydrogen) atoms. The van der Waals surface area contributed by atoms with Crippen molar-refractivity contribution >= 4 is 15.4 Å². The van der Waals surface area contributed by atoms with E-state index in [4.69, 9.17) is 5.26 Å². The highest BCUT2D eigenvalue weighted by atomic mass is 32.2. The predicted octanol–water partition coefficient (Wildman–Crippen LogP) is 2.84. The van der Waals surface area contributed by atoms with Crippen LogP contribution in [0.5, 0.6) is 0 Å². The molecule has 84 valence electrons. The Balaban J connectivity index is 2.28. The van der Waals surface area contributed by atoms with Gasteiger partial charge in [-0.3, -0.25) is 0 Å². The molecule has 3 nitrogen and oxygen atoms in total. The fourth-order valence-corrected chi connectivity index (χ4v) is 4.02. The monoisotopic (exact) mass is 234 g/mol. The lowest BCUT2D eigenvalue weighted by Gasteiger charge is -2.14. The molecule has 1 aliphatic heterocycles. The summed E-state index contributed by atoms with van der Waals surface area (Å²) in [5.74, 6) is 1.43. The fraction of sp³-hybridized carbons (Fsp3) is 0.417. The second-order valence-corrected chi connectivity index (χ2v) is 6.54. The van der Waals surface area contributed by atoms with E-state index in [0.717, 1.165) is 18.5 Å². The van der Waals surface area contributed by atoms with E-state index < -0.39 is 9.73 Å². The molecule has 0 aromatic heterocycles. The molecule has 0 saturated carbocycles. The Labute approximate surface area is 96.3 Å². The minimum atomic E-state index is -2.02. The molecule has 0 N–H and O–H groups in total. The quantitative estimate of drug-likeness (QED) is 0.750. The second-order valence-electron chi connectivity index (χ2n) is 3.99. The van der Waals surface area contributed by atoms with Crippen LogP contribution in [0.2, 0.25) is 0 Å². The van der Waals surface area contributed by atoms with Gasteiger partial charge in [-0.15, -0.1) is 0 Å². The molecule has 1 fully saturated rings. The smallest absolute Gasteiger partial charge is 0.0991 e. The summed E-state index contributed by atoms with van der Waals surface area (Å²) in [5.41, 5.74) is 1.34. The van der Waals surface area contributed by atoms with E-state index in [1.165, 1.54) is 6.42 Å². The molecule has 0 spiro atoms. The first-order chi connectivity index (χ1) is 7.72. The summed E-state index contributed by atoms with van der Waals surface area (Å²) in [5, 5.41) is 8.66. The van der Waals surface area contributed by atoms with Gasteiger partial charge in [0.05, 0.1) is 27.0 Å². The Kier molecular flexibility index (Phi) is 3.25. The van der Waals surface area contributed by atoms with Gasteiger partial charge in [-0.25, -0.2) is 4.21 Å². The Hall–Kier alpha value is -1.34. The van der Waals surface area contributed by atoms with Crippen molar-refractivity contribution in [2.45, 2.75) is 19.3 Å². The van der Waals surface area contributed by atoms with Crippen molar-refractivity contribution in [3.8, 4) is 6.07 Å². The van der Waals surface area contributed by atoms with Gasteiger partial charge >= 0.3 is 0 Å². The highest BCUT2D eigenvalue weighted by molar-refractivity contribution is 7.93. The third kappa shape index (κ3) is 2.61. The maximum Gasteiger partial charge on any atom is 0.0991 e. The summed E-state index contributed by atoms with van der Waals surface area (Å²) >= 11 is 0. The first-order valence-electron chi connectivity index (χ1n) is 5.45. The molecule has 0 bridgehead atoms. The average molecular weight is 234 g/mol. The summed E-state index contributed by atoms with van der Waals surface area (Å²) < 4.78 is 16.6. The predicted molar refractivity (Wildman–Crippen MR) is 65.0 cm³/mol. The van der Waals surface area contributed by atoms with E-state index in [9.17, 15) is 4.21 Å². The summed E-state index contributed by atoms with van der Waals surface area (Å²) in [6, 6.07) is 9.01. The molecule has 1 aromatic rings. The van der Waals surface area contributed by atoms with E-state index in [0.29, 0.717) is 17.1 Å². The molecule has 0 aliphatic carbocycles. The van der Waals surface area contributed by atoms with Crippen molar-refractivity contribution in [3.63, 3.8) is 0 Å². The van der Waals surface area contributed by atoms with E-state index in [1.807, 2.05) is 0 Å². The topological polar surface area (TPSA) is 53.2 Å². The number of hydrogen-bond donors (Lipinski definition) is 0. The largest absolute Gasteiger partial charge is 0.249 e. The van der Waals surface area contributed by atoms with Crippen LogP contribution in [0.1, 0.15) is 24.8 Å². The van der Waals surface area contributed by atoms with E-state index in [1.54, 1.807) is 24.3 Å². The van der Waals surface area contributed by atoms with Crippen LogP contribution >= 0.6 is 0 Å². The summed E-state index contributed by atoms with van der Waals surface area (Å²) in [6.07, 6.45) is 3.19. The third-order valence-electron chi connectivity index (χ3n) is 2.69. The van der Waals surface area contributed by atoms with Gasteiger partial charge < -0.3 is 0 Å². The van der Waals surface area contributed by atoms with Crippen LogP contribution in [-0.2, 0) is 9.73 Å². The number of nitrogens with zero attached hydrogens (tertiary/aromatic N) is 2. The summed E-state index contributed by atoms with van der Waals surface area (Å²) in [4.78, 5) is 0. The molecule has 0 unspecified atom stereocenters. The molecule has 4 heteroatoms. The van der Waals surface area contributed by atoms with E-state index in [-0.39, 0.29) is 0 Å². The van der Waals surface area contributed by atoms with Crippen LogP contribution in [0, 0.1) is 11.3 Å². The minimum Gasteiger partial charge on any atom is -0.249 e. The highest BCUT2D eigenvalue weighted by Crippen LogP contribution is 2.20. The van der Waals surface area contributed by atoms with Gasteiger partial charge in [-0.2, -0.15) is 9.62 Å². The van der Waals surface area contributed by atoms with Crippen molar-refractivity contribution in [1.82, 2.24) is 0 Å². The summed E-state index contributed by atoms with van der Waals surface area (Å²) in [6.45, 7) is 0. The highest BCUT2D eigenvalue weighted by Gasteiger charge is 2.14. The van der Waals surface area contributed by atoms with Crippen molar-refractivity contribution in [2.24, 2.45) is 4.36 Å². The van der Waals surface area contributed by atoms with Gasteiger partial charge in [-0.05, 0) is 37.1 Å². The van der Waals surface area contributed by atoms with Gasteiger partial charge in [0.1, 0.15) is 0 Å². The minimum absolute atomic E-state index is 0.609. The van der Waals surface area contributed by atoms with Gasteiger partial charge in [0.15, 0.2) is 0 Å². The van der Waals surface area contributed by atoms with Crippen LogP contribution in [0.15, 0.2) is 28.6 Å². The van der Waals surface area contributed by atoms with Crippen molar-refractivity contribution < 1.29 is 4.21 Å². The second kappa shape index (κ2) is 4.67. The Morgan fingerprint density at radius 1 is 1.12 bits per heavy atom. The fourth-order valence-electron chi connectivity index (χ4n) is 1.81. The van der Waals surface area contributed by atoms with Gasteiger partial charge in [-0.1, -0.05) is 6.42 Å². The Bertz CT molecular complexity index is 507. The van der Waals surface area contributed by atoms with Gasteiger partial charge in [0.2, 0.25) is 0 Å². The normalized spacial score (nSPS) is 18.7. The maximum atomic E-state index is 12.3. The van der Waals surface area contributed by atoms with E-state index >= 15 is 0 Å². The first-order valence-corrected chi connectivity index (χ1v) is 7.30. The number of hydrogen-bond acceptors (Lipinski definition) is 3. The molecule has 0 radical (unpaired) electrons. The number of rotatable bonds is 1. The first kappa shape index (κ1) is 11.2. The molecule has 0 amide bonds. The zero-order valence-corrected chi connectivity index (χ0v) is 9.87. The standard InChI is InChI=1S/C12H14N2OS/c13-10-11-4-6-12(7-5-11)14-16(15)8-2-1-3-9-16/h4-7H,1-3,8-9H2. The molecule has 1 aliphatic rings. The molecular weight excluding hydrogens is 220 g/mol. The maximum absolute atomic E-state index is 12.3. The van der Waals surface area contributed by atoms with E-state index in [2.05, 4.69) is 10.4 Å². The third-order valence-corrected chi connectivity index (χ3v) is 5.09. The molecule has 0 atom stereocenters. The Morgan fingerprint density at radius 2 is 1.75 bits per heavy atom. The molecular formula is C12H14N2OS. The zero-order chi connectivity index (χ0) is 11.4. The molecule has 1 saturated heterocycles. The van der Waals surface area contributed by atoms with Gasteiger partial charge in [0, 0.05) is 11.5 Å². The lowest BCUT2D eigenvalue weighted by Crippen LogP contribution is -2.15. The van der Waals surface area contributed by atoms with Crippen molar-refractivity contribution in [2.75, 3.05) is 11.5 Å². The molecule has 2 rings (SSSR count). The molecule has 1 heterocycles. The lowest BCUT2D eigenvalue weighted by molar-refractivity contribution is 0.650. The van der Waals surface area contributed by atoms with Crippen molar-refractivity contribution in [3.05, 3.63) is 29.8 Å². The van der Waals surface area contributed by atoms with Crippen LogP contribution < -0.4 is 0 Å². The van der Waals surface area contributed by atoms with Crippen LogP contribution in [-0.4, -0.2) is 15.7 Å². The van der Waals surface area contributed by atoms with Crippen LogP contribution in [0.25, 0.3) is 0 Å². The zero-order valence-electron chi connectivity index (χ0n) is 9.06. The summed E-state index contributed by atoms with van der Waals surface area (Å²) in [7, 11) is -2.02. The lowest BCUT2D eigenvalue weighted by atomic mass is 10.2.